The summed E-state index contributed by atoms with van der Waals surface area (Å²) in [5.74, 6) is 0.889. The average molecular weight is 254 g/mol. The summed E-state index contributed by atoms with van der Waals surface area (Å²) in [6, 6.07) is 0. The molecule has 2 rings (SSSR count). The van der Waals surface area contributed by atoms with Crippen LogP contribution in [0.5, 0.6) is 0 Å². The molecule has 0 spiro atoms. The van der Waals surface area contributed by atoms with E-state index in [4.69, 9.17) is 0 Å². The Hall–Kier alpha value is -0.680. The molecule has 1 saturated heterocycles. The van der Waals surface area contributed by atoms with E-state index in [2.05, 4.69) is 34.3 Å². The summed E-state index contributed by atoms with van der Waals surface area (Å²) in [6.45, 7) is 8.85. The zero-order chi connectivity index (χ0) is 12.1. The maximum absolute atomic E-state index is 4.25. The SMILES string of the molecule is CCCNc1nnc(CN2CCC(CC)C2)s1. The van der Waals surface area contributed by atoms with E-state index in [9.17, 15) is 0 Å². The van der Waals surface area contributed by atoms with E-state index in [1.807, 2.05) is 0 Å². The molecule has 0 aliphatic carbocycles. The summed E-state index contributed by atoms with van der Waals surface area (Å²) in [5.41, 5.74) is 0. The molecule has 1 fully saturated rings. The fourth-order valence-corrected chi connectivity index (χ4v) is 3.01. The van der Waals surface area contributed by atoms with Gasteiger partial charge in [0, 0.05) is 13.1 Å². The monoisotopic (exact) mass is 254 g/mol. The average Bonchev–Trinajstić information content (AvgIpc) is 2.96. The summed E-state index contributed by atoms with van der Waals surface area (Å²) in [7, 11) is 0. The van der Waals surface area contributed by atoms with E-state index < -0.39 is 0 Å². The number of nitrogens with one attached hydrogen (secondary N) is 1. The molecule has 0 amide bonds. The van der Waals surface area contributed by atoms with Crippen LogP contribution in [0.3, 0.4) is 0 Å². The zero-order valence-electron chi connectivity index (χ0n) is 10.8. The van der Waals surface area contributed by atoms with Crippen LogP contribution in [0.4, 0.5) is 5.13 Å². The largest absolute Gasteiger partial charge is 0.360 e. The number of aromatic nitrogens is 2. The number of anilines is 1. The molecule has 1 aromatic heterocycles. The van der Waals surface area contributed by atoms with Gasteiger partial charge in [0.05, 0.1) is 6.54 Å². The van der Waals surface area contributed by atoms with Gasteiger partial charge in [-0.2, -0.15) is 0 Å². The fraction of sp³-hybridized carbons (Fsp3) is 0.833. The second kappa shape index (κ2) is 6.31. The number of rotatable bonds is 6. The van der Waals surface area contributed by atoms with Gasteiger partial charge in [0.15, 0.2) is 0 Å². The molecule has 0 saturated carbocycles. The molecule has 1 N–H and O–H groups in total. The highest BCUT2D eigenvalue weighted by atomic mass is 32.1. The molecule has 17 heavy (non-hydrogen) atoms. The fourth-order valence-electron chi connectivity index (χ4n) is 2.20. The van der Waals surface area contributed by atoms with Crippen molar-refractivity contribution in [2.75, 3.05) is 25.0 Å². The third kappa shape index (κ3) is 3.64. The lowest BCUT2D eigenvalue weighted by Gasteiger charge is -2.12. The van der Waals surface area contributed by atoms with Gasteiger partial charge in [0.2, 0.25) is 5.13 Å². The molecule has 1 unspecified atom stereocenters. The maximum Gasteiger partial charge on any atom is 0.205 e. The van der Waals surface area contributed by atoms with Crippen LogP contribution in [0.1, 0.15) is 38.1 Å². The summed E-state index contributed by atoms with van der Waals surface area (Å²) >= 11 is 1.69. The first-order valence-electron chi connectivity index (χ1n) is 6.60. The first kappa shape index (κ1) is 12.8. The lowest BCUT2D eigenvalue weighted by Crippen LogP contribution is -2.19. The number of hydrogen-bond acceptors (Lipinski definition) is 5. The van der Waals surface area contributed by atoms with Crippen LogP contribution in [-0.4, -0.2) is 34.7 Å². The highest BCUT2D eigenvalue weighted by molar-refractivity contribution is 7.15. The summed E-state index contributed by atoms with van der Waals surface area (Å²) in [4.78, 5) is 2.50. The van der Waals surface area contributed by atoms with Gasteiger partial charge in [-0.05, 0) is 25.3 Å². The van der Waals surface area contributed by atoms with Crippen molar-refractivity contribution in [3.05, 3.63) is 5.01 Å². The molecular formula is C12H22N4S. The van der Waals surface area contributed by atoms with E-state index >= 15 is 0 Å². The maximum atomic E-state index is 4.25. The summed E-state index contributed by atoms with van der Waals surface area (Å²) in [6.07, 6.45) is 3.77. The van der Waals surface area contributed by atoms with Gasteiger partial charge in [-0.25, -0.2) is 0 Å². The molecule has 1 aromatic rings. The van der Waals surface area contributed by atoms with Gasteiger partial charge in [0.25, 0.3) is 0 Å². The van der Waals surface area contributed by atoms with E-state index in [0.717, 1.165) is 35.6 Å². The molecule has 96 valence electrons. The Morgan fingerprint density at radius 1 is 1.41 bits per heavy atom. The van der Waals surface area contributed by atoms with Crippen molar-refractivity contribution in [2.24, 2.45) is 5.92 Å². The molecule has 0 bridgehead atoms. The van der Waals surface area contributed by atoms with E-state index in [-0.39, 0.29) is 0 Å². The molecule has 0 radical (unpaired) electrons. The Morgan fingerprint density at radius 3 is 3.00 bits per heavy atom. The van der Waals surface area contributed by atoms with Crippen molar-refractivity contribution in [3.63, 3.8) is 0 Å². The first-order valence-corrected chi connectivity index (χ1v) is 7.42. The van der Waals surface area contributed by atoms with Crippen LogP contribution in [0.25, 0.3) is 0 Å². The molecule has 1 aliphatic heterocycles. The number of hydrogen-bond donors (Lipinski definition) is 1. The molecule has 1 atom stereocenters. The van der Waals surface area contributed by atoms with Crippen molar-refractivity contribution in [2.45, 2.75) is 39.7 Å². The topological polar surface area (TPSA) is 41.1 Å². The number of nitrogens with zero attached hydrogens (tertiary/aromatic N) is 3. The quantitative estimate of drug-likeness (QED) is 0.847. The molecular weight excluding hydrogens is 232 g/mol. The van der Waals surface area contributed by atoms with Crippen LogP contribution < -0.4 is 5.32 Å². The number of likely N-dealkylation sites (tertiary alicyclic amines) is 1. The van der Waals surface area contributed by atoms with Crippen molar-refractivity contribution in [1.29, 1.82) is 0 Å². The Morgan fingerprint density at radius 2 is 2.29 bits per heavy atom. The van der Waals surface area contributed by atoms with Gasteiger partial charge in [0.1, 0.15) is 5.01 Å². The van der Waals surface area contributed by atoms with Crippen LogP contribution in [-0.2, 0) is 6.54 Å². The normalized spacial score (nSPS) is 20.9. The third-order valence-electron chi connectivity index (χ3n) is 3.30. The van der Waals surface area contributed by atoms with Crippen molar-refractivity contribution in [3.8, 4) is 0 Å². The second-order valence-corrected chi connectivity index (χ2v) is 5.79. The van der Waals surface area contributed by atoms with Gasteiger partial charge < -0.3 is 5.32 Å². The van der Waals surface area contributed by atoms with E-state index in [0.29, 0.717) is 0 Å². The molecule has 2 heterocycles. The summed E-state index contributed by atoms with van der Waals surface area (Å²) in [5, 5.41) is 13.8. The predicted molar refractivity (Wildman–Crippen MR) is 72.4 cm³/mol. The van der Waals surface area contributed by atoms with Crippen LogP contribution in [0.2, 0.25) is 0 Å². The minimum absolute atomic E-state index is 0.889. The lowest BCUT2D eigenvalue weighted by atomic mass is 10.1. The highest BCUT2D eigenvalue weighted by Gasteiger charge is 2.21. The molecule has 4 nitrogen and oxygen atoms in total. The van der Waals surface area contributed by atoms with Crippen LogP contribution in [0, 0.1) is 5.92 Å². The zero-order valence-corrected chi connectivity index (χ0v) is 11.6. The van der Waals surface area contributed by atoms with Crippen LogP contribution in [0.15, 0.2) is 0 Å². The highest BCUT2D eigenvalue weighted by Crippen LogP contribution is 2.23. The summed E-state index contributed by atoms with van der Waals surface area (Å²) < 4.78 is 0. The van der Waals surface area contributed by atoms with Crippen molar-refractivity contribution >= 4 is 16.5 Å². The smallest absolute Gasteiger partial charge is 0.205 e. The van der Waals surface area contributed by atoms with Gasteiger partial charge in [-0.15, -0.1) is 10.2 Å². The van der Waals surface area contributed by atoms with E-state index in [1.54, 1.807) is 11.3 Å². The second-order valence-electron chi connectivity index (χ2n) is 4.73. The third-order valence-corrected chi connectivity index (χ3v) is 4.16. The van der Waals surface area contributed by atoms with Gasteiger partial charge >= 0.3 is 0 Å². The standard InChI is InChI=1S/C12H22N4S/c1-3-6-13-12-15-14-11(17-12)9-16-7-5-10(4-2)8-16/h10H,3-9H2,1-2H3,(H,13,15). The van der Waals surface area contributed by atoms with Crippen molar-refractivity contribution < 1.29 is 0 Å². The Labute approximate surface area is 107 Å². The van der Waals surface area contributed by atoms with Crippen LogP contribution >= 0.6 is 11.3 Å². The predicted octanol–water partition coefficient (Wildman–Crippen LogP) is 2.59. The molecule has 0 aromatic carbocycles. The molecule has 1 aliphatic rings. The van der Waals surface area contributed by atoms with Crippen molar-refractivity contribution in [1.82, 2.24) is 15.1 Å². The Balaban J connectivity index is 1.80. The Kier molecular flexibility index (Phi) is 4.74. The van der Waals surface area contributed by atoms with E-state index in [1.165, 1.54) is 25.9 Å². The lowest BCUT2D eigenvalue weighted by molar-refractivity contribution is 0.314. The Bertz CT molecular complexity index is 339. The molecule has 5 heteroatoms. The first-order chi connectivity index (χ1) is 8.31. The van der Waals surface area contributed by atoms with Gasteiger partial charge in [-0.3, -0.25) is 4.90 Å². The minimum atomic E-state index is 0.889. The van der Waals surface area contributed by atoms with Gasteiger partial charge in [-0.1, -0.05) is 31.6 Å². The minimum Gasteiger partial charge on any atom is -0.360 e.